The molecule has 2 nitrogen and oxygen atoms in total. The second-order valence-corrected chi connectivity index (χ2v) is 4.64. The fourth-order valence-electron chi connectivity index (χ4n) is 2.44. The van der Waals surface area contributed by atoms with Gasteiger partial charge in [0.15, 0.2) is 0 Å². The van der Waals surface area contributed by atoms with E-state index in [-0.39, 0.29) is 0 Å². The zero-order valence-electron chi connectivity index (χ0n) is 10.6. The van der Waals surface area contributed by atoms with E-state index >= 15 is 0 Å². The van der Waals surface area contributed by atoms with Crippen LogP contribution in [0.25, 0.3) is 11.1 Å². The molecule has 0 aromatic heterocycles. The maximum absolute atomic E-state index is 5.19. The summed E-state index contributed by atoms with van der Waals surface area (Å²) in [6, 6.07) is 15.0. The van der Waals surface area contributed by atoms with E-state index in [0.29, 0.717) is 0 Å². The lowest BCUT2D eigenvalue weighted by molar-refractivity contribution is 0.415. The standard InChI is InChI=1S/C16H17NO/c1-18-16-6-4-12(5-7-16)13-2-3-15-11-17-9-8-14(15)10-13/h2-7,10,17H,8-9,11H2,1H3. The number of ether oxygens (including phenoxy) is 1. The van der Waals surface area contributed by atoms with Crippen molar-refractivity contribution in [2.24, 2.45) is 0 Å². The van der Waals surface area contributed by atoms with Crippen molar-refractivity contribution in [1.29, 1.82) is 0 Å². The smallest absolute Gasteiger partial charge is 0.118 e. The predicted octanol–water partition coefficient (Wildman–Crippen LogP) is 3.01. The summed E-state index contributed by atoms with van der Waals surface area (Å²) in [4.78, 5) is 0. The van der Waals surface area contributed by atoms with Gasteiger partial charge in [-0.15, -0.1) is 0 Å². The van der Waals surface area contributed by atoms with Crippen LogP contribution in [0.5, 0.6) is 5.75 Å². The Bertz CT molecular complexity index is 546. The highest BCUT2D eigenvalue weighted by Crippen LogP contribution is 2.25. The van der Waals surface area contributed by atoms with E-state index in [1.807, 2.05) is 12.1 Å². The molecule has 0 radical (unpaired) electrons. The van der Waals surface area contributed by atoms with E-state index in [0.717, 1.165) is 25.3 Å². The van der Waals surface area contributed by atoms with Gasteiger partial charge in [-0.25, -0.2) is 0 Å². The minimum Gasteiger partial charge on any atom is -0.497 e. The molecule has 0 fully saturated rings. The maximum Gasteiger partial charge on any atom is 0.118 e. The number of rotatable bonds is 2. The summed E-state index contributed by atoms with van der Waals surface area (Å²) in [5, 5.41) is 3.40. The second kappa shape index (κ2) is 4.83. The van der Waals surface area contributed by atoms with Gasteiger partial charge in [-0.1, -0.05) is 30.3 Å². The molecule has 0 unspecified atom stereocenters. The van der Waals surface area contributed by atoms with Crippen molar-refractivity contribution in [3.05, 3.63) is 53.6 Å². The van der Waals surface area contributed by atoms with Crippen molar-refractivity contribution in [1.82, 2.24) is 5.32 Å². The van der Waals surface area contributed by atoms with E-state index in [9.17, 15) is 0 Å². The Morgan fingerprint density at radius 3 is 2.50 bits per heavy atom. The van der Waals surface area contributed by atoms with Gasteiger partial charge in [-0.05, 0) is 47.4 Å². The number of hydrogen-bond donors (Lipinski definition) is 1. The molecule has 3 rings (SSSR count). The number of nitrogens with one attached hydrogen (secondary N) is 1. The van der Waals surface area contributed by atoms with Crippen LogP contribution in [0.15, 0.2) is 42.5 Å². The molecule has 0 spiro atoms. The fraction of sp³-hybridized carbons (Fsp3) is 0.250. The van der Waals surface area contributed by atoms with E-state index in [1.165, 1.54) is 22.3 Å². The van der Waals surface area contributed by atoms with E-state index in [4.69, 9.17) is 4.74 Å². The largest absolute Gasteiger partial charge is 0.497 e. The highest BCUT2D eigenvalue weighted by atomic mass is 16.5. The third-order valence-electron chi connectivity index (χ3n) is 3.52. The van der Waals surface area contributed by atoms with Gasteiger partial charge in [-0.2, -0.15) is 0 Å². The highest BCUT2D eigenvalue weighted by molar-refractivity contribution is 5.65. The van der Waals surface area contributed by atoms with Gasteiger partial charge in [0.25, 0.3) is 0 Å². The van der Waals surface area contributed by atoms with Crippen molar-refractivity contribution >= 4 is 0 Å². The van der Waals surface area contributed by atoms with Crippen LogP contribution >= 0.6 is 0 Å². The lowest BCUT2D eigenvalue weighted by atomic mass is 9.95. The first-order valence-corrected chi connectivity index (χ1v) is 6.34. The lowest BCUT2D eigenvalue weighted by Gasteiger charge is -2.18. The molecule has 92 valence electrons. The summed E-state index contributed by atoms with van der Waals surface area (Å²) in [6.07, 6.45) is 1.12. The Kier molecular flexibility index (Phi) is 3.03. The van der Waals surface area contributed by atoms with Gasteiger partial charge < -0.3 is 10.1 Å². The second-order valence-electron chi connectivity index (χ2n) is 4.64. The van der Waals surface area contributed by atoms with Crippen molar-refractivity contribution in [3.63, 3.8) is 0 Å². The van der Waals surface area contributed by atoms with E-state index in [1.54, 1.807) is 7.11 Å². The zero-order valence-corrected chi connectivity index (χ0v) is 10.6. The van der Waals surface area contributed by atoms with E-state index in [2.05, 4.69) is 35.6 Å². The molecular weight excluding hydrogens is 222 g/mol. The Balaban J connectivity index is 1.95. The van der Waals surface area contributed by atoms with Crippen LogP contribution in [-0.4, -0.2) is 13.7 Å². The summed E-state index contributed by atoms with van der Waals surface area (Å²) in [6.45, 7) is 2.08. The summed E-state index contributed by atoms with van der Waals surface area (Å²) >= 11 is 0. The first-order valence-electron chi connectivity index (χ1n) is 6.34. The van der Waals surface area contributed by atoms with Gasteiger partial charge in [0.2, 0.25) is 0 Å². The molecular formula is C16H17NO. The van der Waals surface area contributed by atoms with Crippen LogP contribution in [0.2, 0.25) is 0 Å². The topological polar surface area (TPSA) is 21.3 Å². The molecule has 0 aliphatic carbocycles. The van der Waals surface area contributed by atoms with Crippen molar-refractivity contribution in [2.45, 2.75) is 13.0 Å². The average molecular weight is 239 g/mol. The minimum atomic E-state index is 0.904. The first-order chi connectivity index (χ1) is 8.86. The van der Waals surface area contributed by atoms with Gasteiger partial charge in [0, 0.05) is 6.54 Å². The number of benzene rings is 2. The Hall–Kier alpha value is -1.80. The maximum atomic E-state index is 5.19. The summed E-state index contributed by atoms with van der Waals surface area (Å²) in [5.41, 5.74) is 5.44. The fourth-order valence-corrected chi connectivity index (χ4v) is 2.44. The van der Waals surface area contributed by atoms with Crippen molar-refractivity contribution in [2.75, 3.05) is 13.7 Å². The Morgan fingerprint density at radius 2 is 1.72 bits per heavy atom. The predicted molar refractivity (Wildman–Crippen MR) is 73.8 cm³/mol. The Morgan fingerprint density at radius 1 is 0.944 bits per heavy atom. The van der Waals surface area contributed by atoms with Crippen molar-refractivity contribution in [3.8, 4) is 16.9 Å². The molecule has 18 heavy (non-hydrogen) atoms. The lowest BCUT2D eigenvalue weighted by Crippen LogP contribution is -2.23. The SMILES string of the molecule is COc1ccc(-c2ccc3c(c2)CCNC3)cc1. The van der Waals surface area contributed by atoms with Crippen LogP contribution in [0, 0.1) is 0 Å². The molecule has 2 aromatic rings. The third-order valence-corrected chi connectivity index (χ3v) is 3.52. The van der Waals surface area contributed by atoms with Gasteiger partial charge in [-0.3, -0.25) is 0 Å². The van der Waals surface area contributed by atoms with Gasteiger partial charge in [0.05, 0.1) is 7.11 Å². The van der Waals surface area contributed by atoms with Crippen LogP contribution in [0.1, 0.15) is 11.1 Å². The average Bonchev–Trinajstić information content (AvgIpc) is 2.47. The third kappa shape index (κ3) is 2.12. The molecule has 2 heteroatoms. The monoisotopic (exact) mass is 239 g/mol. The normalized spacial score (nSPS) is 14.1. The van der Waals surface area contributed by atoms with Crippen LogP contribution in [0.3, 0.4) is 0 Å². The number of methoxy groups -OCH3 is 1. The van der Waals surface area contributed by atoms with Crippen LogP contribution < -0.4 is 10.1 Å². The number of hydrogen-bond acceptors (Lipinski definition) is 2. The Labute approximate surface area is 108 Å². The summed E-state index contributed by atoms with van der Waals surface area (Å²) in [5.74, 6) is 0.904. The molecule has 1 heterocycles. The molecule has 0 amide bonds. The van der Waals surface area contributed by atoms with Crippen LogP contribution in [0.4, 0.5) is 0 Å². The van der Waals surface area contributed by atoms with Crippen molar-refractivity contribution < 1.29 is 4.74 Å². The molecule has 0 atom stereocenters. The quantitative estimate of drug-likeness (QED) is 0.869. The van der Waals surface area contributed by atoms with Gasteiger partial charge >= 0.3 is 0 Å². The van der Waals surface area contributed by atoms with Crippen LogP contribution in [-0.2, 0) is 13.0 Å². The van der Waals surface area contributed by atoms with Gasteiger partial charge in [0.1, 0.15) is 5.75 Å². The molecule has 0 bridgehead atoms. The van der Waals surface area contributed by atoms with E-state index < -0.39 is 0 Å². The molecule has 1 N–H and O–H groups in total. The minimum absolute atomic E-state index is 0.904. The molecule has 2 aromatic carbocycles. The molecule has 1 aliphatic rings. The molecule has 1 aliphatic heterocycles. The molecule has 0 saturated carbocycles. The summed E-state index contributed by atoms with van der Waals surface area (Å²) in [7, 11) is 1.70. The number of fused-ring (bicyclic) bond motifs is 1. The molecule has 0 saturated heterocycles. The zero-order chi connectivity index (χ0) is 12.4. The summed E-state index contributed by atoms with van der Waals surface area (Å²) < 4.78 is 5.19. The first kappa shape index (κ1) is 11.3. The highest BCUT2D eigenvalue weighted by Gasteiger charge is 2.09.